The summed E-state index contributed by atoms with van der Waals surface area (Å²) in [6, 6.07) is 16.4. The van der Waals surface area contributed by atoms with Gasteiger partial charge in [-0.05, 0) is 34.2 Å². The second-order valence-electron chi connectivity index (χ2n) is 8.53. The van der Waals surface area contributed by atoms with Crippen LogP contribution in [0.1, 0.15) is 33.3 Å². The quantitative estimate of drug-likeness (QED) is 0.794. The predicted octanol–water partition coefficient (Wildman–Crippen LogP) is 3.72. The summed E-state index contributed by atoms with van der Waals surface area (Å²) in [6.45, 7) is 10.5. The Morgan fingerprint density at radius 3 is 1.79 bits per heavy atom. The predicted molar refractivity (Wildman–Crippen MR) is 115 cm³/mol. The maximum absolute atomic E-state index is 12.3. The zero-order chi connectivity index (χ0) is 21.0. The molecule has 154 valence electrons. The van der Waals surface area contributed by atoms with Crippen LogP contribution in [0.3, 0.4) is 0 Å². The summed E-state index contributed by atoms with van der Waals surface area (Å²) in [5, 5.41) is 0. The molecule has 1 fully saturated rings. The lowest BCUT2D eigenvalue weighted by molar-refractivity contribution is -0.139. The van der Waals surface area contributed by atoms with Gasteiger partial charge in [-0.15, -0.1) is 0 Å². The highest BCUT2D eigenvalue weighted by molar-refractivity contribution is 5.78. The van der Waals surface area contributed by atoms with Crippen molar-refractivity contribution in [3.05, 3.63) is 54.1 Å². The van der Waals surface area contributed by atoms with Crippen molar-refractivity contribution in [3.63, 3.8) is 0 Å². The molecule has 0 bridgehead atoms. The molecule has 2 aromatic carbocycles. The molecular weight excluding hydrogens is 364 g/mol. The van der Waals surface area contributed by atoms with Crippen LogP contribution < -0.4 is 4.74 Å². The van der Waals surface area contributed by atoms with Crippen molar-refractivity contribution < 1.29 is 14.3 Å². The van der Waals surface area contributed by atoms with E-state index in [9.17, 15) is 9.59 Å². The van der Waals surface area contributed by atoms with E-state index >= 15 is 0 Å². The fourth-order valence-electron chi connectivity index (χ4n) is 3.41. The van der Waals surface area contributed by atoms with Crippen molar-refractivity contribution >= 4 is 11.8 Å². The summed E-state index contributed by atoms with van der Waals surface area (Å²) in [4.78, 5) is 27.2. The zero-order valence-electron chi connectivity index (χ0n) is 17.8. The minimum absolute atomic E-state index is 0.0136. The average Bonchev–Trinajstić information content (AvgIpc) is 2.72. The molecule has 0 spiro atoms. The summed E-state index contributed by atoms with van der Waals surface area (Å²) >= 11 is 0. The number of nitrogens with zero attached hydrogens (tertiary/aromatic N) is 2. The highest BCUT2D eigenvalue weighted by atomic mass is 16.5. The van der Waals surface area contributed by atoms with Crippen molar-refractivity contribution in [2.24, 2.45) is 0 Å². The molecule has 1 aliphatic heterocycles. The Hall–Kier alpha value is -2.82. The zero-order valence-corrected chi connectivity index (χ0v) is 17.8. The second kappa shape index (κ2) is 8.68. The molecule has 0 N–H and O–H groups in total. The largest absolute Gasteiger partial charge is 0.484 e. The Morgan fingerprint density at radius 1 is 0.828 bits per heavy atom. The number of carbonyl (C=O) groups is 2. The van der Waals surface area contributed by atoms with Gasteiger partial charge in [0.05, 0.1) is 0 Å². The van der Waals surface area contributed by atoms with Gasteiger partial charge in [-0.25, -0.2) is 0 Å². The first-order valence-electron chi connectivity index (χ1n) is 10.1. The number of hydrogen-bond acceptors (Lipinski definition) is 3. The van der Waals surface area contributed by atoms with E-state index in [-0.39, 0.29) is 23.8 Å². The fourth-order valence-corrected chi connectivity index (χ4v) is 3.41. The molecule has 2 amide bonds. The maximum atomic E-state index is 12.3. The summed E-state index contributed by atoms with van der Waals surface area (Å²) in [5.41, 5.74) is 3.72. The average molecular weight is 395 g/mol. The van der Waals surface area contributed by atoms with E-state index in [0.29, 0.717) is 31.9 Å². The summed E-state index contributed by atoms with van der Waals surface area (Å²) in [5.74, 6) is 0.687. The minimum Gasteiger partial charge on any atom is -0.484 e. The molecule has 5 nitrogen and oxygen atoms in total. The summed E-state index contributed by atoms with van der Waals surface area (Å²) in [7, 11) is 0. The van der Waals surface area contributed by atoms with E-state index in [1.165, 1.54) is 5.56 Å². The molecule has 3 rings (SSSR count). The molecular formula is C24H30N2O3. The molecule has 0 radical (unpaired) electrons. The first kappa shape index (κ1) is 20.9. The molecule has 29 heavy (non-hydrogen) atoms. The maximum Gasteiger partial charge on any atom is 0.260 e. The molecule has 0 aliphatic carbocycles. The number of rotatable bonds is 4. The monoisotopic (exact) mass is 394 g/mol. The van der Waals surface area contributed by atoms with E-state index in [0.717, 1.165) is 11.1 Å². The molecule has 0 saturated carbocycles. The first-order chi connectivity index (χ1) is 13.7. The van der Waals surface area contributed by atoms with Gasteiger partial charge in [-0.3, -0.25) is 9.59 Å². The third-order valence-corrected chi connectivity index (χ3v) is 5.38. The molecule has 1 aliphatic rings. The third-order valence-electron chi connectivity index (χ3n) is 5.38. The number of ether oxygens (including phenoxy) is 1. The second-order valence-corrected chi connectivity index (χ2v) is 8.53. The minimum atomic E-state index is -0.0463. The Bertz CT molecular complexity index is 843. The fraction of sp³-hybridized carbons (Fsp3) is 0.417. The number of benzene rings is 2. The van der Waals surface area contributed by atoms with Gasteiger partial charge in [0.2, 0.25) is 5.91 Å². The number of amides is 2. The van der Waals surface area contributed by atoms with E-state index in [1.54, 1.807) is 16.7 Å². The lowest BCUT2D eigenvalue weighted by atomic mass is 9.86. The van der Waals surface area contributed by atoms with Crippen molar-refractivity contribution in [3.8, 4) is 16.9 Å². The Labute approximate surface area is 173 Å². The number of carbonyl (C=O) groups excluding carboxylic acids is 2. The van der Waals surface area contributed by atoms with Crippen LogP contribution in [-0.2, 0) is 15.0 Å². The molecule has 0 aromatic heterocycles. The van der Waals surface area contributed by atoms with Crippen molar-refractivity contribution in [1.29, 1.82) is 0 Å². The Morgan fingerprint density at radius 2 is 1.31 bits per heavy atom. The topological polar surface area (TPSA) is 49.9 Å². The number of hydrogen-bond donors (Lipinski definition) is 0. The summed E-state index contributed by atoms with van der Waals surface area (Å²) < 4.78 is 5.68. The Kier molecular flexibility index (Phi) is 6.26. The van der Waals surface area contributed by atoms with E-state index < -0.39 is 0 Å². The molecule has 1 saturated heterocycles. The van der Waals surface area contributed by atoms with Gasteiger partial charge in [0.1, 0.15) is 5.75 Å². The molecule has 5 heteroatoms. The molecule has 0 unspecified atom stereocenters. The normalized spacial score (nSPS) is 14.6. The van der Waals surface area contributed by atoms with Gasteiger partial charge >= 0.3 is 0 Å². The van der Waals surface area contributed by atoms with E-state index in [2.05, 4.69) is 45.0 Å². The van der Waals surface area contributed by atoms with Crippen LogP contribution in [0.5, 0.6) is 5.75 Å². The van der Waals surface area contributed by atoms with Crippen molar-refractivity contribution in [2.45, 2.75) is 33.1 Å². The van der Waals surface area contributed by atoms with Crippen LogP contribution in [-0.4, -0.2) is 54.4 Å². The Balaban J connectivity index is 1.53. The van der Waals surface area contributed by atoms with Crippen molar-refractivity contribution in [1.82, 2.24) is 9.80 Å². The van der Waals surface area contributed by atoms with E-state index in [1.807, 2.05) is 24.3 Å². The van der Waals surface area contributed by atoms with Crippen molar-refractivity contribution in [2.75, 3.05) is 32.8 Å². The van der Waals surface area contributed by atoms with Crippen LogP contribution in [0.2, 0.25) is 0 Å². The van der Waals surface area contributed by atoms with Gasteiger partial charge in [0.25, 0.3) is 5.91 Å². The van der Waals surface area contributed by atoms with Crippen LogP contribution in [0, 0.1) is 0 Å². The SMILES string of the molecule is CC(=O)N1CCN(C(=O)COc2ccc(-c3ccc(C(C)(C)C)cc3)cc2)CC1. The summed E-state index contributed by atoms with van der Waals surface area (Å²) in [6.07, 6.45) is 0. The van der Waals surface area contributed by atoms with Gasteiger partial charge in [0, 0.05) is 33.1 Å². The molecule has 2 aromatic rings. The molecule has 0 atom stereocenters. The third kappa shape index (κ3) is 5.37. The van der Waals surface area contributed by atoms with Crippen LogP contribution in [0.15, 0.2) is 48.5 Å². The number of piperazine rings is 1. The smallest absolute Gasteiger partial charge is 0.260 e. The first-order valence-corrected chi connectivity index (χ1v) is 10.1. The van der Waals surface area contributed by atoms with Crippen LogP contribution >= 0.6 is 0 Å². The highest BCUT2D eigenvalue weighted by Gasteiger charge is 2.22. The lowest BCUT2D eigenvalue weighted by Gasteiger charge is -2.34. The van der Waals surface area contributed by atoms with Gasteiger partial charge in [-0.1, -0.05) is 57.2 Å². The van der Waals surface area contributed by atoms with Crippen LogP contribution in [0.4, 0.5) is 0 Å². The standard InChI is InChI=1S/C24H30N2O3/c1-18(27)25-13-15-26(16-14-25)23(28)17-29-22-11-7-20(8-12-22)19-5-9-21(10-6-19)24(2,3)4/h5-12H,13-17H2,1-4H3. The van der Waals surface area contributed by atoms with Crippen LogP contribution in [0.25, 0.3) is 11.1 Å². The van der Waals surface area contributed by atoms with Gasteiger partial charge < -0.3 is 14.5 Å². The molecule has 1 heterocycles. The lowest BCUT2D eigenvalue weighted by Crippen LogP contribution is -2.51. The van der Waals surface area contributed by atoms with Gasteiger partial charge in [-0.2, -0.15) is 0 Å². The van der Waals surface area contributed by atoms with Gasteiger partial charge in [0.15, 0.2) is 6.61 Å². The van der Waals surface area contributed by atoms with E-state index in [4.69, 9.17) is 4.74 Å². The highest BCUT2D eigenvalue weighted by Crippen LogP contribution is 2.27.